The predicted molar refractivity (Wildman–Crippen MR) is 123 cm³/mol. The Balaban J connectivity index is 1.79. The zero-order valence-electron chi connectivity index (χ0n) is 19.1. The molecule has 0 unspecified atom stereocenters. The molecule has 0 saturated carbocycles. The molecule has 7 nitrogen and oxygen atoms in total. The molecule has 0 atom stereocenters. The number of carbonyl (C=O) groups excluding carboxylic acids is 1. The molecular formula is C23H39N5O2. The fourth-order valence-corrected chi connectivity index (χ4v) is 3.62. The van der Waals surface area contributed by atoms with Gasteiger partial charge in [0, 0.05) is 52.9 Å². The van der Waals surface area contributed by atoms with Crippen LogP contribution in [0.5, 0.6) is 0 Å². The molecule has 0 radical (unpaired) electrons. The summed E-state index contributed by atoms with van der Waals surface area (Å²) >= 11 is 0. The normalized spacial score (nSPS) is 15.8. The number of hydrogen-bond donors (Lipinski definition) is 2. The van der Waals surface area contributed by atoms with E-state index in [-0.39, 0.29) is 5.91 Å². The Morgan fingerprint density at radius 1 is 1.27 bits per heavy atom. The molecule has 1 amide bonds. The zero-order chi connectivity index (χ0) is 21.8. The van der Waals surface area contributed by atoms with Gasteiger partial charge in [0.25, 0.3) is 5.91 Å². The van der Waals surface area contributed by atoms with Gasteiger partial charge in [-0.05, 0) is 62.9 Å². The van der Waals surface area contributed by atoms with E-state index in [0.29, 0.717) is 5.92 Å². The maximum absolute atomic E-state index is 12.1. The SMILES string of the molecule is CCNC(=NCC1CCN(CCOC)CC1)NCCc1cccc(C(=O)N(C)C)c1. The Morgan fingerprint density at radius 2 is 2.03 bits per heavy atom. The number of ether oxygens (including phenoxy) is 1. The van der Waals surface area contributed by atoms with E-state index >= 15 is 0 Å². The number of methoxy groups -OCH3 is 1. The van der Waals surface area contributed by atoms with Crippen molar-refractivity contribution in [1.82, 2.24) is 20.4 Å². The van der Waals surface area contributed by atoms with Crippen molar-refractivity contribution in [2.75, 3.05) is 67.1 Å². The lowest BCUT2D eigenvalue weighted by molar-refractivity contribution is 0.0827. The van der Waals surface area contributed by atoms with Crippen LogP contribution in [0.25, 0.3) is 0 Å². The maximum atomic E-state index is 12.1. The predicted octanol–water partition coefficient (Wildman–Crippen LogP) is 1.84. The van der Waals surface area contributed by atoms with Gasteiger partial charge in [-0.1, -0.05) is 12.1 Å². The third-order valence-corrected chi connectivity index (χ3v) is 5.46. The van der Waals surface area contributed by atoms with Gasteiger partial charge in [0.2, 0.25) is 0 Å². The summed E-state index contributed by atoms with van der Waals surface area (Å²) in [6, 6.07) is 7.86. The lowest BCUT2D eigenvalue weighted by Crippen LogP contribution is -2.40. The summed E-state index contributed by atoms with van der Waals surface area (Å²) in [6.45, 7) is 8.67. The largest absolute Gasteiger partial charge is 0.383 e. The Kier molecular flexibility index (Phi) is 10.7. The fourth-order valence-electron chi connectivity index (χ4n) is 3.62. The number of nitrogens with zero attached hydrogens (tertiary/aromatic N) is 3. The Labute approximate surface area is 181 Å². The molecular weight excluding hydrogens is 378 g/mol. The Hall–Kier alpha value is -2.12. The molecule has 7 heteroatoms. The molecule has 0 bridgehead atoms. The standard InChI is InChI=1S/C23H39N5O2/c1-5-24-23(26-18-20-10-13-28(14-11-20)15-16-30-4)25-12-9-19-7-6-8-21(17-19)22(29)27(2)3/h6-8,17,20H,5,9-16,18H2,1-4H3,(H2,24,25,26). The lowest BCUT2D eigenvalue weighted by Gasteiger charge is -2.31. The average molecular weight is 418 g/mol. The maximum Gasteiger partial charge on any atom is 0.253 e. The first-order chi connectivity index (χ1) is 14.5. The van der Waals surface area contributed by atoms with Gasteiger partial charge < -0.3 is 25.2 Å². The van der Waals surface area contributed by atoms with Crippen molar-refractivity contribution in [3.63, 3.8) is 0 Å². The number of likely N-dealkylation sites (tertiary alicyclic amines) is 1. The first-order valence-electron chi connectivity index (χ1n) is 11.1. The highest BCUT2D eigenvalue weighted by Crippen LogP contribution is 2.17. The summed E-state index contributed by atoms with van der Waals surface area (Å²) in [4.78, 5) is 21.0. The molecule has 1 fully saturated rings. The average Bonchev–Trinajstić information content (AvgIpc) is 2.76. The van der Waals surface area contributed by atoms with Crippen molar-refractivity contribution in [2.45, 2.75) is 26.2 Å². The summed E-state index contributed by atoms with van der Waals surface area (Å²) < 4.78 is 5.18. The van der Waals surface area contributed by atoms with E-state index in [9.17, 15) is 4.79 Å². The van der Waals surface area contributed by atoms with Gasteiger partial charge in [0.15, 0.2) is 5.96 Å². The van der Waals surface area contributed by atoms with E-state index in [4.69, 9.17) is 9.73 Å². The zero-order valence-corrected chi connectivity index (χ0v) is 19.1. The van der Waals surface area contributed by atoms with Crippen LogP contribution in [0.3, 0.4) is 0 Å². The second-order valence-corrected chi connectivity index (χ2v) is 8.07. The number of benzene rings is 1. The Bertz CT molecular complexity index is 669. The second kappa shape index (κ2) is 13.2. The molecule has 168 valence electrons. The van der Waals surface area contributed by atoms with Gasteiger partial charge in [-0.2, -0.15) is 0 Å². The first kappa shape index (κ1) is 24.2. The van der Waals surface area contributed by atoms with E-state index in [2.05, 4.69) is 28.5 Å². The number of hydrogen-bond acceptors (Lipinski definition) is 4. The fraction of sp³-hybridized carbons (Fsp3) is 0.652. The molecule has 1 aliphatic heterocycles. The molecule has 0 aromatic heterocycles. The molecule has 1 aliphatic rings. The minimum atomic E-state index is 0.0352. The molecule has 0 aliphatic carbocycles. The van der Waals surface area contributed by atoms with Crippen molar-refractivity contribution in [2.24, 2.45) is 10.9 Å². The van der Waals surface area contributed by atoms with Crippen molar-refractivity contribution < 1.29 is 9.53 Å². The van der Waals surface area contributed by atoms with Crippen LogP contribution in [0.4, 0.5) is 0 Å². The number of guanidine groups is 1. The van der Waals surface area contributed by atoms with Crippen LogP contribution >= 0.6 is 0 Å². The van der Waals surface area contributed by atoms with Gasteiger partial charge in [-0.15, -0.1) is 0 Å². The van der Waals surface area contributed by atoms with Crippen LogP contribution in [-0.4, -0.2) is 88.7 Å². The molecule has 2 N–H and O–H groups in total. The van der Waals surface area contributed by atoms with Gasteiger partial charge in [-0.25, -0.2) is 0 Å². The van der Waals surface area contributed by atoms with Crippen molar-refractivity contribution >= 4 is 11.9 Å². The highest BCUT2D eigenvalue weighted by atomic mass is 16.5. The van der Waals surface area contributed by atoms with Gasteiger partial charge in [0.05, 0.1) is 6.61 Å². The van der Waals surface area contributed by atoms with E-state index in [0.717, 1.165) is 69.4 Å². The smallest absolute Gasteiger partial charge is 0.253 e. The number of piperidine rings is 1. The van der Waals surface area contributed by atoms with E-state index in [1.807, 2.05) is 18.2 Å². The minimum absolute atomic E-state index is 0.0352. The Morgan fingerprint density at radius 3 is 2.70 bits per heavy atom. The molecule has 0 spiro atoms. The van der Waals surface area contributed by atoms with Gasteiger partial charge in [-0.3, -0.25) is 9.79 Å². The van der Waals surface area contributed by atoms with Gasteiger partial charge >= 0.3 is 0 Å². The summed E-state index contributed by atoms with van der Waals surface area (Å²) in [7, 11) is 5.31. The first-order valence-corrected chi connectivity index (χ1v) is 11.1. The summed E-state index contributed by atoms with van der Waals surface area (Å²) in [5.41, 5.74) is 1.88. The summed E-state index contributed by atoms with van der Waals surface area (Å²) in [6.07, 6.45) is 3.23. The van der Waals surface area contributed by atoms with Crippen molar-refractivity contribution in [3.8, 4) is 0 Å². The van der Waals surface area contributed by atoms with Crippen LogP contribution in [-0.2, 0) is 11.2 Å². The number of carbonyl (C=O) groups is 1. The van der Waals surface area contributed by atoms with Crippen molar-refractivity contribution in [1.29, 1.82) is 0 Å². The number of aliphatic imine (C=N–C) groups is 1. The number of amides is 1. The molecule has 1 heterocycles. The second-order valence-electron chi connectivity index (χ2n) is 8.07. The number of nitrogens with one attached hydrogen (secondary N) is 2. The highest BCUT2D eigenvalue weighted by Gasteiger charge is 2.18. The van der Waals surface area contributed by atoms with Crippen LogP contribution in [0.1, 0.15) is 35.7 Å². The third-order valence-electron chi connectivity index (χ3n) is 5.46. The van der Waals surface area contributed by atoms with Crippen LogP contribution in [0.15, 0.2) is 29.3 Å². The van der Waals surface area contributed by atoms with Crippen molar-refractivity contribution in [3.05, 3.63) is 35.4 Å². The molecule has 1 aromatic carbocycles. The lowest BCUT2D eigenvalue weighted by atomic mass is 9.97. The summed E-state index contributed by atoms with van der Waals surface area (Å²) in [5.74, 6) is 1.56. The summed E-state index contributed by atoms with van der Waals surface area (Å²) in [5, 5.41) is 6.77. The van der Waals surface area contributed by atoms with E-state index in [1.54, 1.807) is 26.1 Å². The monoisotopic (exact) mass is 417 g/mol. The topological polar surface area (TPSA) is 69.2 Å². The van der Waals surface area contributed by atoms with Gasteiger partial charge in [0.1, 0.15) is 0 Å². The third kappa shape index (κ3) is 8.32. The van der Waals surface area contributed by atoms with E-state index in [1.165, 1.54) is 12.8 Å². The van der Waals surface area contributed by atoms with Crippen LogP contribution in [0, 0.1) is 5.92 Å². The quantitative estimate of drug-likeness (QED) is 0.449. The molecule has 2 rings (SSSR count). The van der Waals surface area contributed by atoms with Crippen LogP contribution < -0.4 is 10.6 Å². The van der Waals surface area contributed by atoms with E-state index < -0.39 is 0 Å². The number of rotatable bonds is 10. The highest BCUT2D eigenvalue weighted by molar-refractivity contribution is 5.94. The molecule has 1 aromatic rings. The molecule has 30 heavy (non-hydrogen) atoms. The minimum Gasteiger partial charge on any atom is -0.383 e. The van der Waals surface area contributed by atoms with Crippen LogP contribution in [0.2, 0.25) is 0 Å². The molecule has 1 saturated heterocycles.